The third-order valence-electron chi connectivity index (χ3n) is 2.99. The van der Waals surface area contributed by atoms with Crippen LogP contribution in [0.25, 0.3) is 6.08 Å². The minimum absolute atomic E-state index is 0.0951. The van der Waals surface area contributed by atoms with Crippen molar-refractivity contribution >= 4 is 12.0 Å². The lowest BCUT2D eigenvalue weighted by Crippen LogP contribution is -2.41. The summed E-state index contributed by atoms with van der Waals surface area (Å²) in [7, 11) is 0. The third-order valence-corrected chi connectivity index (χ3v) is 2.99. The summed E-state index contributed by atoms with van der Waals surface area (Å²) in [4.78, 5) is 13.9. The molecule has 5 nitrogen and oxygen atoms in total. The number of carbonyl (C=O) groups is 1. The van der Waals surface area contributed by atoms with Gasteiger partial charge in [-0.1, -0.05) is 0 Å². The molecule has 2 heterocycles. The predicted molar refractivity (Wildman–Crippen MR) is 72.7 cm³/mol. The van der Waals surface area contributed by atoms with Crippen LogP contribution in [0.2, 0.25) is 0 Å². The second-order valence-corrected chi connectivity index (χ2v) is 4.53. The lowest BCUT2D eigenvalue weighted by atomic mass is 10.3. The monoisotopic (exact) mass is 264 g/mol. The van der Waals surface area contributed by atoms with Crippen molar-refractivity contribution < 1.29 is 13.9 Å². The van der Waals surface area contributed by atoms with Gasteiger partial charge in [0.2, 0.25) is 5.91 Å². The molecule has 1 saturated heterocycles. The largest absolute Gasteiger partial charge is 0.462 e. The molecule has 0 aliphatic carbocycles. The highest BCUT2D eigenvalue weighted by Crippen LogP contribution is 2.07. The van der Waals surface area contributed by atoms with Crippen molar-refractivity contribution in [2.45, 2.75) is 6.92 Å². The van der Waals surface area contributed by atoms with Gasteiger partial charge in [0.15, 0.2) is 0 Å². The van der Waals surface area contributed by atoms with Gasteiger partial charge in [-0.2, -0.15) is 0 Å². The van der Waals surface area contributed by atoms with E-state index in [1.165, 1.54) is 6.08 Å². The number of nitrogens with zero attached hydrogens (tertiary/aromatic N) is 1. The first-order valence-electron chi connectivity index (χ1n) is 6.56. The van der Waals surface area contributed by atoms with Crippen LogP contribution in [0.1, 0.15) is 11.5 Å². The minimum atomic E-state index is -0.0951. The summed E-state index contributed by atoms with van der Waals surface area (Å²) in [6.45, 7) is 6.84. The number of furan rings is 1. The molecule has 0 radical (unpaired) electrons. The first-order chi connectivity index (χ1) is 9.24. The molecule has 1 aliphatic heterocycles. The van der Waals surface area contributed by atoms with Gasteiger partial charge in [0.1, 0.15) is 11.5 Å². The van der Waals surface area contributed by atoms with Gasteiger partial charge < -0.3 is 14.5 Å². The smallest absolute Gasteiger partial charge is 0.244 e. The number of nitrogens with one attached hydrogen (secondary N) is 1. The number of morpholine rings is 1. The Bertz CT molecular complexity index is 434. The number of hydrogen-bond donors (Lipinski definition) is 1. The van der Waals surface area contributed by atoms with Gasteiger partial charge in [-0.05, 0) is 25.1 Å². The Morgan fingerprint density at radius 1 is 1.42 bits per heavy atom. The van der Waals surface area contributed by atoms with E-state index in [0.717, 1.165) is 38.6 Å². The lowest BCUT2D eigenvalue weighted by Gasteiger charge is -2.26. The maximum Gasteiger partial charge on any atom is 0.244 e. The fraction of sp³-hybridized carbons (Fsp3) is 0.500. The van der Waals surface area contributed by atoms with E-state index in [1.54, 1.807) is 6.08 Å². The molecule has 1 N–H and O–H groups in total. The van der Waals surface area contributed by atoms with Crippen LogP contribution in [0, 0.1) is 6.92 Å². The van der Waals surface area contributed by atoms with Crippen LogP contribution in [0.15, 0.2) is 22.6 Å². The molecule has 104 valence electrons. The Balaban J connectivity index is 1.65. The third kappa shape index (κ3) is 4.89. The molecule has 0 spiro atoms. The lowest BCUT2D eigenvalue weighted by molar-refractivity contribution is -0.116. The molecular weight excluding hydrogens is 244 g/mol. The van der Waals surface area contributed by atoms with Crippen molar-refractivity contribution in [1.29, 1.82) is 0 Å². The van der Waals surface area contributed by atoms with Crippen LogP contribution >= 0.6 is 0 Å². The van der Waals surface area contributed by atoms with Crippen LogP contribution in [0.5, 0.6) is 0 Å². The minimum Gasteiger partial charge on any atom is -0.462 e. The molecule has 19 heavy (non-hydrogen) atoms. The van der Waals surface area contributed by atoms with E-state index in [-0.39, 0.29) is 5.91 Å². The Morgan fingerprint density at radius 3 is 2.89 bits per heavy atom. The van der Waals surface area contributed by atoms with Gasteiger partial charge >= 0.3 is 0 Å². The summed E-state index contributed by atoms with van der Waals surface area (Å²) in [5, 5.41) is 2.86. The Labute approximate surface area is 113 Å². The number of ether oxygens (including phenoxy) is 1. The number of amides is 1. The highest BCUT2D eigenvalue weighted by molar-refractivity contribution is 5.91. The average molecular weight is 264 g/mol. The van der Waals surface area contributed by atoms with Gasteiger partial charge in [-0.15, -0.1) is 0 Å². The summed E-state index contributed by atoms with van der Waals surface area (Å²) < 4.78 is 10.6. The Morgan fingerprint density at radius 2 is 2.21 bits per heavy atom. The molecule has 0 unspecified atom stereocenters. The van der Waals surface area contributed by atoms with Crippen molar-refractivity contribution in [3.05, 3.63) is 29.7 Å². The number of hydrogen-bond acceptors (Lipinski definition) is 4. The Kier molecular flexibility index (Phi) is 5.18. The van der Waals surface area contributed by atoms with Gasteiger partial charge in [0, 0.05) is 32.3 Å². The second kappa shape index (κ2) is 7.11. The van der Waals surface area contributed by atoms with Crippen molar-refractivity contribution in [2.24, 2.45) is 0 Å². The first-order valence-corrected chi connectivity index (χ1v) is 6.56. The van der Waals surface area contributed by atoms with E-state index in [1.807, 2.05) is 19.1 Å². The SMILES string of the molecule is Cc1ccc(/C=C/C(=O)NCCN2CCOCC2)o1. The maximum atomic E-state index is 11.6. The average Bonchev–Trinajstić information content (AvgIpc) is 2.83. The van der Waals surface area contributed by atoms with Gasteiger partial charge in [0.25, 0.3) is 0 Å². The molecule has 0 atom stereocenters. The standard InChI is InChI=1S/C14H20N2O3/c1-12-2-3-13(19-12)4-5-14(17)15-6-7-16-8-10-18-11-9-16/h2-5H,6-11H2,1H3,(H,15,17)/b5-4+. The molecule has 1 fully saturated rings. The summed E-state index contributed by atoms with van der Waals surface area (Å²) in [6.07, 6.45) is 3.18. The summed E-state index contributed by atoms with van der Waals surface area (Å²) in [5.74, 6) is 1.44. The summed E-state index contributed by atoms with van der Waals surface area (Å²) in [5.41, 5.74) is 0. The van der Waals surface area contributed by atoms with E-state index in [2.05, 4.69) is 10.2 Å². The number of rotatable bonds is 5. The maximum absolute atomic E-state index is 11.6. The first kappa shape index (κ1) is 13.8. The zero-order valence-corrected chi connectivity index (χ0v) is 11.2. The second-order valence-electron chi connectivity index (χ2n) is 4.53. The predicted octanol–water partition coefficient (Wildman–Crippen LogP) is 1.05. The molecular formula is C14H20N2O3. The summed E-state index contributed by atoms with van der Waals surface area (Å²) >= 11 is 0. The fourth-order valence-electron chi connectivity index (χ4n) is 1.92. The van der Waals surface area contributed by atoms with E-state index in [9.17, 15) is 4.79 Å². The molecule has 1 aliphatic rings. The molecule has 1 amide bonds. The molecule has 1 aromatic heterocycles. The Hall–Kier alpha value is -1.59. The molecule has 0 bridgehead atoms. The van der Waals surface area contributed by atoms with Crippen LogP contribution in [-0.2, 0) is 9.53 Å². The highest BCUT2D eigenvalue weighted by Gasteiger charge is 2.09. The molecule has 1 aromatic rings. The quantitative estimate of drug-likeness (QED) is 0.808. The van der Waals surface area contributed by atoms with Crippen molar-refractivity contribution in [1.82, 2.24) is 10.2 Å². The van der Waals surface area contributed by atoms with Crippen molar-refractivity contribution in [3.63, 3.8) is 0 Å². The number of carbonyl (C=O) groups excluding carboxylic acids is 1. The summed E-state index contributed by atoms with van der Waals surface area (Å²) in [6, 6.07) is 3.71. The van der Waals surface area contributed by atoms with Gasteiger partial charge in [-0.3, -0.25) is 9.69 Å². The van der Waals surface area contributed by atoms with Crippen LogP contribution in [0.3, 0.4) is 0 Å². The van der Waals surface area contributed by atoms with E-state index < -0.39 is 0 Å². The highest BCUT2D eigenvalue weighted by atomic mass is 16.5. The van der Waals surface area contributed by atoms with Crippen molar-refractivity contribution in [2.75, 3.05) is 39.4 Å². The van der Waals surface area contributed by atoms with Crippen LogP contribution < -0.4 is 5.32 Å². The zero-order valence-electron chi connectivity index (χ0n) is 11.2. The molecule has 0 aromatic carbocycles. The molecule has 5 heteroatoms. The van der Waals surface area contributed by atoms with Crippen LogP contribution in [0.4, 0.5) is 0 Å². The van der Waals surface area contributed by atoms with Gasteiger partial charge in [0.05, 0.1) is 13.2 Å². The topological polar surface area (TPSA) is 54.7 Å². The fourth-order valence-corrected chi connectivity index (χ4v) is 1.92. The number of aryl methyl sites for hydroxylation is 1. The van der Waals surface area contributed by atoms with E-state index in [4.69, 9.17) is 9.15 Å². The molecule has 2 rings (SSSR count). The molecule has 0 saturated carbocycles. The van der Waals surface area contributed by atoms with Gasteiger partial charge in [-0.25, -0.2) is 0 Å². The zero-order chi connectivity index (χ0) is 13.5. The normalized spacial score (nSPS) is 16.9. The van der Waals surface area contributed by atoms with E-state index >= 15 is 0 Å². The van der Waals surface area contributed by atoms with Crippen molar-refractivity contribution in [3.8, 4) is 0 Å². The van der Waals surface area contributed by atoms with E-state index in [0.29, 0.717) is 12.3 Å². The van der Waals surface area contributed by atoms with Crippen LogP contribution in [-0.4, -0.2) is 50.2 Å².